The Kier molecular flexibility index (Phi) is 4.76. The number of anilines is 1. The normalized spacial score (nSPS) is 25.7. The smallest absolute Gasteiger partial charge is 0.252 e. The molecule has 0 saturated carbocycles. The number of para-hydroxylation sites is 1. The molecule has 2 unspecified atom stereocenters. The number of allylic oxidation sites excluding steroid dienone is 2. The standard InChI is InChI=1S/C13H14FNO2S.ClH/c1-18(16,17)13(14)10-6-5-9-12(13)15-11-7-3-2-4-8-11;/h2-10,12,15H,1H3;1H. The second-order valence-corrected chi connectivity index (χ2v) is 6.37. The first-order chi connectivity index (χ1) is 8.43. The van der Waals surface area contributed by atoms with Crippen molar-refractivity contribution in [2.24, 2.45) is 0 Å². The maximum absolute atomic E-state index is 14.6. The van der Waals surface area contributed by atoms with Crippen LogP contribution in [0, 0.1) is 0 Å². The van der Waals surface area contributed by atoms with Crippen LogP contribution in [0.2, 0.25) is 0 Å². The zero-order valence-electron chi connectivity index (χ0n) is 10.3. The van der Waals surface area contributed by atoms with E-state index in [1.165, 1.54) is 12.2 Å². The van der Waals surface area contributed by atoms with Crippen LogP contribution in [-0.2, 0) is 9.84 Å². The molecule has 3 nitrogen and oxygen atoms in total. The van der Waals surface area contributed by atoms with Gasteiger partial charge in [-0.25, -0.2) is 12.8 Å². The van der Waals surface area contributed by atoms with Crippen LogP contribution in [0.1, 0.15) is 0 Å². The number of rotatable bonds is 3. The van der Waals surface area contributed by atoms with Gasteiger partial charge in [0.25, 0.3) is 5.00 Å². The van der Waals surface area contributed by atoms with E-state index in [0.29, 0.717) is 5.69 Å². The van der Waals surface area contributed by atoms with E-state index in [0.717, 1.165) is 12.3 Å². The third-order valence-corrected chi connectivity index (χ3v) is 4.35. The average Bonchev–Trinajstić information content (AvgIpc) is 2.32. The molecule has 0 aromatic heterocycles. The summed E-state index contributed by atoms with van der Waals surface area (Å²) < 4.78 is 37.9. The number of alkyl halides is 1. The van der Waals surface area contributed by atoms with Crippen molar-refractivity contribution in [3.8, 4) is 0 Å². The molecule has 2 rings (SSSR count). The monoisotopic (exact) mass is 303 g/mol. The predicted molar refractivity (Wildman–Crippen MR) is 78.1 cm³/mol. The molecule has 1 aliphatic carbocycles. The van der Waals surface area contributed by atoms with Crippen LogP contribution in [0.3, 0.4) is 0 Å². The lowest BCUT2D eigenvalue weighted by Gasteiger charge is -2.30. The third-order valence-electron chi connectivity index (χ3n) is 2.83. The summed E-state index contributed by atoms with van der Waals surface area (Å²) in [6, 6.07) is 8.01. The minimum absolute atomic E-state index is 0. The maximum Gasteiger partial charge on any atom is 0.252 e. The van der Waals surface area contributed by atoms with Gasteiger partial charge in [0.15, 0.2) is 9.84 Å². The number of hydrogen-bond donors (Lipinski definition) is 1. The highest BCUT2D eigenvalue weighted by atomic mass is 35.5. The van der Waals surface area contributed by atoms with Gasteiger partial charge in [-0.1, -0.05) is 36.4 Å². The van der Waals surface area contributed by atoms with Crippen molar-refractivity contribution in [1.29, 1.82) is 0 Å². The summed E-state index contributed by atoms with van der Waals surface area (Å²) in [7, 11) is -3.86. The fraction of sp³-hybridized carbons (Fsp3) is 0.231. The Labute approximate surface area is 118 Å². The molecule has 2 atom stereocenters. The molecule has 1 aromatic carbocycles. The predicted octanol–water partition coefficient (Wildman–Crippen LogP) is 2.73. The number of nitrogens with one attached hydrogen (secondary N) is 1. The van der Waals surface area contributed by atoms with Gasteiger partial charge in [-0.05, 0) is 18.2 Å². The minimum Gasteiger partial charge on any atom is -0.374 e. The van der Waals surface area contributed by atoms with Gasteiger partial charge in [-0.15, -0.1) is 12.4 Å². The Morgan fingerprint density at radius 3 is 2.42 bits per heavy atom. The Morgan fingerprint density at radius 1 is 1.21 bits per heavy atom. The van der Waals surface area contributed by atoms with Crippen LogP contribution >= 0.6 is 12.4 Å². The third kappa shape index (κ3) is 3.16. The first-order valence-electron chi connectivity index (χ1n) is 5.49. The minimum atomic E-state index is -3.86. The quantitative estimate of drug-likeness (QED) is 0.934. The van der Waals surface area contributed by atoms with Crippen molar-refractivity contribution >= 4 is 27.9 Å². The van der Waals surface area contributed by atoms with E-state index in [1.54, 1.807) is 30.3 Å². The molecule has 0 spiro atoms. The fourth-order valence-electron chi connectivity index (χ4n) is 1.81. The van der Waals surface area contributed by atoms with Gasteiger partial charge < -0.3 is 5.32 Å². The Hall–Kier alpha value is -1.33. The van der Waals surface area contributed by atoms with E-state index in [4.69, 9.17) is 0 Å². The van der Waals surface area contributed by atoms with Crippen LogP contribution < -0.4 is 5.32 Å². The van der Waals surface area contributed by atoms with Gasteiger partial charge >= 0.3 is 0 Å². The van der Waals surface area contributed by atoms with Crippen LogP contribution in [0.15, 0.2) is 54.6 Å². The lowest BCUT2D eigenvalue weighted by Crippen LogP contribution is -2.47. The van der Waals surface area contributed by atoms with Gasteiger partial charge in [-0.3, -0.25) is 0 Å². The zero-order valence-corrected chi connectivity index (χ0v) is 11.9. The summed E-state index contributed by atoms with van der Waals surface area (Å²) in [5.74, 6) is 0. The van der Waals surface area contributed by atoms with Crippen molar-refractivity contribution in [3.63, 3.8) is 0 Å². The second kappa shape index (κ2) is 5.75. The molecule has 1 aliphatic rings. The number of benzene rings is 1. The molecule has 0 bridgehead atoms. The van der Waals surface area contributed by atoms with Gasteiger partial charge in [0, 0.05) is 11.9 Å². The summed E-state index contributed by atoms with van der Waals surface area (Å²) in [6.45, 7) is 0. The van der Waals surface area contributed by atoms with Crippen LogP contribution in [0.25, 0.3) is 0 Å². The average molecular weight is 304 g/mol. The van der Waals surface area contributed by atoms with E-state index >= 15 is 0 Å². The highest BCUT2D eigenvalue weighted by molar-refractivity contribution is 7.92. The van der Waals surface area contributed by atoms with E-state index < -0.39 is 20.9 Å². The molecule has 1 aromatic rings. The largest absolute Gasteiger partial charge is 0.374 e. The van der Waals surface area contributed by atoms with E-state index in [1.807, 2.05) is 6.07 Å². The fourth-order valence-corrected chi connectivity index (χ4v) is 2.74. The molecule has 1 N–H and O–H groups in total. The van der Waals surface area contributed by atoms with Crippen LogP contribution in [-0.4, -0.2) is 25.7 Å². The van der Waals surface area contributed by atoms with Gasteiger partial charge in [-0.2, -0.15) is 0 Å². The van der Waals surface area contributed by atoms with Crippen molar-refractivity contribution in [3.05, 3.63) is 54.6 Å². The Balaban J connectivity index is 0.00000180. The molecule has 0 heterocycles. The van der Waals surface area contributed by atoms with Crippen molar-refractivity contribution < 1.29 is 12.8 Å². The molecule has 104 valence electrons. The highest BCUT2D eigenvalue weighted by Crippen LogP contribution is 2.31. The van der Waals surface area contributed by atoms with Gasteiger partial charge in [0.05, 0.1) is 6.04 Å². The van der Waals surface area contributed by atoms with Gasteiger partial charge in [0.1, 0.15) is 0 Å². The van der Waals surface area contributed by atoms with Crippen LogP contribution in [0.4, 0.5) is 10.1 Å². The number of halogens is 2. The lowest BCUT2D eigenvalue weighted by molar-refractivity contribution is 0.314. The first kappa shape index (κ1) is 15.7. The SMILES string of the molecule is CS(=O)(=O)C1(F)C=CC=CC1Nc1ccccc1.Cl. The first-order valence-corrected chi connectivity index (χ1v) is 7.39. The molecular weight excluding hydrogens is 289 g/mol. The van der Waals surface area contributed by atoms with Crippen molar-refractivity contribution in [2.75, 3.05) is 11.6 Å². The molecule has 0 saturated heterocycles. The molecule has 0 radical (unpaired) electrons. The second-order valence-electron chi connectivity index (χ2n) is 4.20. The summed E-state index contributed by atoms with van der Waals surface area (Å²) >= 11 is 0. The number of sulfone groups is 1. The van der Waals surface area contributed by atoms with Gasteiger partial charge in [0.2, 0.25) is 0 Å². The van der Waals surface area contributed by atoms with E-state index in [9.17, 15) is 12.8 Å². The van der Waals surface area contributed by atoms with Crippen LogP contribution in [0.5, 0.6) is 0 Å². The summed E-state index contributed by atoms with van der Waals surface area (Å²) in [5.41, 5.74) is 0.674. The molecular formula is C13H15ClFNO2S. The Bertz CT molecular complexity index is 586. The lowest BCUT2D eigenvalue weighted by atomic mass is 10.1. The van der Waals surface area contributed by atoms with Crippen molar-refractivity contribution in [1.82, 2.24) is 0 Å². The summed E-state index contributed by atoms with van der Waals surface area (Å²) in [6.07, 6.45) is 6.51. The zero-order chi connectivity index (χ0) is 13.2. The molecule has 0 aliphatic heterocycles. The molecule has 0 amide bonds. The van der Waals surface area contributed by atoms with Crippen molar-refractivity contribution in [2.45, 2.75) is 11.0 Å². The summed E-state index contributed by atoms with van der Waals surface area (Å²) in [4.78, 5) is 0. The van der Waals surface area contributed by atoms with E-state index in [2.05, 4.69) is 5.32 Å². The summed E-state index contributed by atoms with van der Waals surface area (Å²) in [5, 5.41) is 0.467. The Morgan fingerprint density at radius 2 is 1.84 bits per heavy atom. The maximum atomic E-state index is 14.6. The number of hydrogen-bond acceptors (Lipinski definition) is 3. The van der Waals surface area contributed by atoms with E-state index in [-0.39, 0.29) is 12.4 Å². The molecule has 19 heavy (non-hydrogen) atoms. The highest BCUT2D eigenvalue weighted by Gasteiger charge is 2.46. The molecule has 6 heteroatoms. The topological polar surface area (TPSA) is 46.2 Å². The molecule has 0 fully saturated rings.